The molecule has 0 N–H and O–H groups in total. The molecule has 0 saturated heterocycles. The van der Waals surface area contributed by atoms with Crippen LogP contribution in [-0.2, 0) is 11.3 Å². The maximum Gasteiger partial charge on any atom is 0.514 e. The van der Waals surface area contributed by atoms with E-state index in [-0.39, 0.29) is 35.3 Å². The summed E-state index contributed by atoms with van der Waals surface area (Å²) < 4.78 is 36.5. The molecule has 0 atom stereocenters. The summed E-state index contributed by atoms with van der Waals surface area (Å²) in [6.07, 6.45) is -0.869. The summed E-state index contributed by atoms with van der Waals surface area (Å²) in [5.74, 6) is -0.565. The minimum atomic E-state index is -0.869. The summed E-state index contributed by atoms with van der Waals surface area (Å²) in [7, 11) is 0. The Kier molecular flexibility index (Phi) is 7.39. The number of halogens is 1. The molecular formula is C26H21FO6S. The van der Waals surface area contributed by atoms with Gasteiger partial charge in [0.15, 0.2) is 12.4 Å². The van der Waals surface area contributed by atoms with Gasteiger partial charge < -0.3 is 18.9 Å². The highest BCUT2D eigenvalue weighted by molar-refractivity contribution is 7.21. The number of benzene rings is 3. The van der Waals surface area contributed by atoms with Gasteiger partial charge in [-0.3, -0.25) is 4.79 Å². The molecule has 0 saturated carbocycles. The Hall–Kier alpha value is -3.91. The van der Waals surface area contributed by atoms with Crippen molar-refractivity contribution in [1.29, 1.82) is 0 Å². The van der Waals surface area contributed by atoms with Crippen LogP contribution < -0.4 is 14.2 Å². The SMILES string of the molecule is CCOC(=O)Oc1sc2ccccc2c1OCC(=O)c1cc(F)ccc1OCc1ccccc1. The summed E-state index contributed by atoms with van der Waals surface area (Å²) in [5.41, 5.74) is 0.968. The van der Waals surface area contributed by atoms with Crippen LogP contribution >= 0.6 is 11.3 Å². The van der Waals surface area contributed by atoms with Crippen LogP contribution in [0.3, 0.4) is 0 Å². The first-order valence-corrected chi connectivity index (χ1v) is 11.3. The van der Waals surface area contributed by atoms with E-state index in [4.69, 9.17) is 18.9 Å². The van der Waals surface area contributed by atoms with Crippen molar-refractivity contribution in [3.05, 3.63) is 89.7 Å². The summed E-state index contributed by atoms with van der Waals surface area (Å²) in [6.45, 7) is 1.63. The van der Waals surface area contributed by atoms with Crippen molar-refractivity contribution < 1.29 is 32.9 Å². The van der Waals surface area contributed by atoms with Gasteiger partial charge in [-0.2, -0.15) is 0 Å². The monoisotopic (exact) mass is 480 g/mol. The van der Waals surface area contributed by atoms with Gasteiger partial charge in [0.05, 0.1) is 12.2 Å². The summed E-state index contributed by atoms with van der Waals surface area (Å²) in [5, 5.41) is 0.853. The topological polar surface area (TPSA) is 71.1 Å². The summed E-state index contributed by atoms with van der Waals surface area (Å²) in [4.78, 5) is 24.8. The van der Waals surface area contributed by atoms with Crippen molar-refractivity contribution in [2.75, 3.05) is 13.2 Å². The second-order valence-corrected chi connectivity index (χ2v) is 8.14. The predicted molar refractivity (Wildman–Crippen MR) is 126 cm³/mol. The first kappa shape index (κ1) is 23.3. The molecule has 0 aliphatic rings. The van der Waals surface area contributed by atoms with Gasteiger partial charge in [-0.25, -0.2) is 9.18 Å². The molecule has 8 heteroatoms. The van der Waals surface area contributed by atoms with E-state index in [2.05, 4.69) is 0 Å². The highest BCUT2D eigenvalue weighted by Gasteiger charge is 2.21. The predicted octanol–water partition coefficient (Wildman–Crippen LogP) is 6.42. The van der Waals surface area contributed by atoms with E-state index in [1.807, 2.05) is 42.5 Å². The largest absolute Gasteiger partial charge is 0.514 e. The molecule has 0 fully saturated rings. The number of fused-ring (bicyclic) bond motifs is 1. The highest BCUT2D eigenvalue weighted by atomic mass is 32.1. The standard InChI is InChI=1S/C26H21FO6S/c1-2-30-26(29)33-25-24(19-10-6-7-11-23(19)34-25)32-16-21(28)20-14-18(27)12-13-22(20)31-15-17-8-4-3-5-9-17/h3-14H,2,15-16H2,1H3. The zero-order valence-corrected chi connectivity index (χ0v) is 19.1. The lowest BCUT2D eigenvalue weighted by Crippen LogP contribution is -2.15. The number of hydrogen-bond donors (Lipinski definition) is 0. The van der Waals surface area contributed by atoms with E-state index in [0.717, 1.165) is 16.3 Å². The number of ether oxygens (including phenoxy) is 4. The van der Waals surface area contributed by atoms with Gasteiger partial charge in [-0.15, -0.1) is 0 Å². The molecule has 0 unspecified atom stereocenters. The Bertz CT molecular complexity index is 1300. The Morgan fingerprint density at radius 1 is 0.941 bits per heavy atom. The van der Waals surface area contributed by atoms with Crippen molar-refractivity contribution >= 4 is 33.4 Å². The second kappa shape index (κ2) is 10.8. The quantitative estimate of drug-likeness (QED) is 0.203. The van der Waals surface area contributed by atoms with Crippen LogP contribution in [0.1, 0.15) is 22.8 Å². The first-order valence-electron chi connectivity index (χ1n) is 10.5. The van der Waals surface area contributed by atoms with Gasteiger partial charge in [0.25, 0.3) is 0 Å². The third-order valence-corrected chi connectivity index (χ3v) is 5.81. The minimum Gasteiger partial charge on any atom is -0.488 e. The van der Waals surface area contributed by atoms with Gasteiger partial charge in [0.1, 0.15) is 18.2 Å². The molecule has 0 spiro atoms. The lowest BCUT2D eigenvalue weighted by molar-refractivity contribution is 0.0911. The van der Waals surface area contributed by atoms with E-state index >= 15 is 0 Å². The number of hydrogen-bond acceptors (Lipinski definition) is 7. The minimum absolute atomic E-state index is 0.0586. The first-order chi connectivity index (χ1) is 16.5. The summed E-state index contributed by atoms with van der Waals surface area (Å²) in [6, 6.07) is 20.5. The molecular weight excluding hydrogens is 459 g/mol. The Labute approximate surface area is 199 Å². The van der Waals surface area contributed by atoms with Gasteiger partial charge in [-0.1, -0.05) is 53.8 Å². The molecule has 1 heterocycles. The molecule has 174 valence electrons. The van der Waals surface area contributed by atoms with Crippen LogP contribution in [0.2, 0.25) is 0 Å². The Balaban J connectivity index is 1.54. The Morgan fingerprint density at radius 2 is 1.71 bits per heavy atom. The molecule has 4 aromatic rings. The molecule has 0 radical (unpaired) electrons. The van der Waals surface area contributed by atoms with Crippen LogP contribution in [0.5, 0.6) is 16.6 Å². The van der Waals surface area contributed by atoms with Gasteiger partial charge in [-0.05, 0) is 42.8 Å². The van der Waals surface area contributed by atoms with E-state index in [1.165, 1.54) is 23.5 Å². The van der Waals surface area contributed by atoms with Crippen molar-refractivity contribution in [2.45, 2.75) is 13.5 Å². The number of rotatable bonds is 9. The smallest absolute Gasteiger partial charge is 0.488 e. The fourth-order valence-electron chi connectivity index (χ4n) is 3.22. The molecule has 6 nitrogen and oxygen atoms in total. The number of Topliss-reactive ketones (excluding diaryl/α,β-unsaturated/α-hetero) is 1. The van der Waals surface area contributed by atoms with Crippen LogP contribution in [-0.4, -0.2) is 25.2 Å². The van der Waals surface area contributed by atoms with E-state index < -0.39 is 24.4 Å². The lowest BCUT2D eigenvalue weighted by atomic mass is 10.1. The molecule has 4 rings (SSSR count). The number of carbonyl (C=O) groups excluding carboxylic acids is 2. The van der Waals surface area contributed by atoms with E-state index in [9.17, 15) is 14.0 Å². The van der Waals surface area contributed by atoms with Crippen LogP contribution in [0.15, 0.2) is 72.8 Å². The highest BCUT2D eigenvalue weighted by Crippen LogP contribution is 2.44. The van der Waals surface area contributed by atoms with E-state index in [1.54, 1.807) is 19.1 Å². The molecule has 3 aromatic carbocycles. The van der Waals surface area contributed by atoms with Gasteiger partial charge in [0, 0.05) is 10.1 Å². The number of thiophene rings is 1. The van der Waals surface area contributed by atoms with Crippen molar-refractivity contribution in [3.63, 3.8) is 0 Å². The van der Waals surface area contributed by atoms with Crippen molar-refractivity contribution in [2.24, 2.45) is 0 Å². The van der Waals surface area contributed by atoms with Gasteiger partial charge in [0.2, 0.25) is 10.8 Å². The lowest BCUT2D eigenvalue weighted by Gasteiger charge is -2.12. The zero-order valence-electron chi connectivity index (χ0n) is 18.3. The van der Waals surface area contributed by atoms with E-state index in [0.29, 0.717) is 5.39 Å². The van der Waals surface area contributed by atoms with Crippen molar-refractivity contribution in [1.82, 2.24) is 0 Å². The zero-order chi connectivity index (χ0) is 23.9. The van der Waals surface area contributed by atoms with Gasteiger partial charge >= 0.3 is 6.16 Å². The molecule has 34 heavy (non-hydrogen) atoms. The Morgan fingerprint density at radius 3 is 2.50 bits per heavy atom. The third-order valence-electron chi connectivity index (χ3n) is 4.78. The molecule has 0 aliphatic carbocycles. The number of ketones is 1. The number of carbonyl (C=O) groups is 2. The maximum atomic E-state index is 14.0. The molecule has 0 amide bonds. The maximum absolute atomic E-state index is 14.0. The molecule has 1 aromatic heterocycles. The van der Waals surface area contributed by atoms with Crippen LogP contribution in [0.25, 0.3) is 10.1 Å². The summed E-state index contributed by atoms with van der Waals surface area (Å²) >= 11 is 1.19. The second-order valence-electron chi connectivity index (χ2n) is 7.13. The fraction of sp³-hybridized carbons (Fsp3) is 0.154. The van der Waals surface area contributed by atoms with Crippen LogP contribution in [0, 0.1) is 5.82 Å². The molecule has 0 aliphatic heterocycles. The fourth-order valence-corrected chi connectivity index (χ4v) is 4.21. The average Bonchev–Trinajstić information content (AvgIpc) is 3.19. The average molecular weight is 481 g/mol. The van der Waals surface area contributed by atoms with Crippen molar-refractivity contribution in [3.8, 4) is 16.6 Å². The van der Waals surface area contributed by atoms with Crippen LogP contribution in [0.4, 0.5) is 9.18 Å². The molecule has 0 bridgehead atoms. The third kappa shape index (κ3) is 5.52. The normalized spacial score (nSPS) is 10.6.